The molecular weight excluding hydrogens is 400 g/mol. The second kappa shape index (κ2) is 9.52. The van der Waals surface area contributed by atoms with Crippen LogP contribution in [0, 0.1) is 0 Å². The van der Waals surface area contributed by atoms with E-state index in [4.69, 9.17) is 14.2 Å². The van der Waals surface area contributed by atoms with Crippen LogP contribution in [0.4, 0.5) is 4.79 Å². The minimum Gasteiger partial charge on any atom is -0.494 e. The third-order valence-corrected chi connectivity index (χ3v) is 6.17. The maximum Gasteiger partial charge on any atom is 0.344 e. The summed E-state index contributed by atoms with van der Waals surface area (Å²) in [4.78, 5) is 31.2. The number of imide groups is 1. The highest BCUT2D eigenvalue weighted by molar-refractivity contribution is 6.06. The van der Waals surface area contributed by atoms with Crippen molar-refractivity contribution in [2.24, 2.45) is 0 Å². The quantitative estimate of drug-likeness (QED) is 0.605. The van der Waals surface area contributed by atoms with E-state index in [-0.39, 0.29) is 11.9 Å². The number of rotatable bonds is 7. The van der Waals surface area contributed by atoms with Crippen molar-refractivity contribution in [3.8, 4) is 5.75 Å². The van der Waals surface area contributed by atoms with Crippen LogP contribution in [0.15, 0.2) is 24.3 Å². The van der Waals surface area contributed by atoms with Crippen molar-refractivity contribution >= 4 is 11.9 Å². The minimum atomic E-state index is -1.10. The van der Waals surface area contributed by atoms with Gasteiger partial charge in [0.2, 0.25) is 0 Å². The number of nitrogens with zero attached hydrogens (tertiary/aromatic N) is 4. The number of urea groups is 1. The Morgan fingerprint density at radius 2 is 1.58 bits per heavy atom. The maximum atomic E-state index is 13.8. The molecule has 1 unspecified atom stereocenters. The molecule has 1 aromatic rings. The average Bonchev–Trinajstić information content (AvgIpc) is 3.00. The molecule has 9 nitrogen and oxygen atoms in total. The van der Waals surface area contributed by atoms with Gasteiger partial charge < -0.3 is 14.2 Å². The summed E-state index contributed by atoms with van der Waals surface area (Å²) in [6.45, 7) is 9.67. The summed E-state index contributed by atoms with van der Waals surface area (Å²) in [5.74, 6) is 0.533. The Morgan fingerprint density at radius 1 is 0.968 bits per heavy atom. The minimum absolute atomic E-state index is 0.227. The highest BCUT2D eigenvalue weighted by Crippen LogP contribution is 2.39. The molecule has 0 aromatic heterocycles. The van der Waals surface area contributed by atoms with E-state index in [1.165, 1.54) is 5.01 Å². The van der Waals surface area contributed by atoms with Gasteiger partial charge in [-0.15, -0.1) is 0 Å². The van der Waals surface area contributed by atoms with Crippen LogP contribution in [-0.2, 0) is 19.8 Å². The summed E-state index contributed by atoms with van der Waals surface area (Å²) >= 11 is 0. The van der Waals surface area contributed by atoms with Crippen LogP contribution in [0.3, 0.4) is 0 Å². The first-order valence-corrected chi connectivity index (χ1v) is 11.1. The van der Waals surface area contributed by atoms with E-state index in [0.29, 0.717) is 52.8 Å². The largest absolute Gasteiger partial charge is 0.494 e. The van der Waals surface area contributed by atoms with Crippen LogP contribution in [0.25, 0.3) is 0 Å². The molecule has 170 valence electrons. The molecule has 3 amide bonds. The number of carbonyl (C=O) groups is 2. The zero-order chi connectivity index (χ0) is 21.8. The standard InChI is InChI=1S/C22H32N4O5/c1-3-12-31-19-6-4-18(5-7-19)22(2)20(27)26(24-10-15-30-16-11-24)21(28)25(22)17-23-8-13-29-14-9-23/h4-7H,3,8-17H2,1-2H3. The van der Waals surface area contributed by atoms with Crippen molar-refractivity contribution in [1.82, 2.24) is 19.8 Å². The zero-order valence-electron chi connectivity index (χ0n) is 18.4. The monoisotopic (exact) mass is 432 g/mol. The van der Waals surface area contributed by atoms with Gasteiger partial charge in [0.1, 0.15) is 11.3 Å². The molecule has 0 aliphatic carbocycles. The third-order valence-electron chi connectivity index (χ3n) is 6.17. The number of hydrogen-bond acceptors (Lipinski definition) is 7. The van der Waals surface area contributed by atoms with Crippen LogP contribution < -0.4 is 4.74 Å². The van der Waals surface area contributed by atoms with E-state index in [2.05, 4.69) is 11.8 Å². The van der Waals surface area contributed by atoms with E-state index in [0.717, 1.165) is 30.8 Å². The molecule has 3 aliphatic heterocycles. The van der Waals surface area contributed by atoms with Crippen molar-refractivity contribution in [2.75, 3.05) is 65.9 Å². The summed E-state index contributed by atoms with van der Waals surface area (Å²) in [7, 11) is 0. The lowest BCUT2D eigenvalue weighted by molar-refractivity contribution is -0.149. The molecule has 1 atom stereocenters. The fourth-order valence-corrected chi connectivity index (χ4v) is 4.24. The lowest BCUT2D eigenvalue weighted by atomic mass is 9.90. The van der Waals surface area contributed by atoms with Gasteiger partial charge in [-0.25, -0.2) is 9.80 Å². The van der Waals surface area contributed by atoms with Crippen molar-refractivity contribution in [1.29, 1.82) is 0 Å². The highest BCUT2D eigenvalue weighted by Gasteiger charge is 2.57. The summed E-state index contributed by atoms with van der Waals surface area (Å²) in [5.41, 5.74) is -0.324. The van der Waals surface area contributed by atoms with Crippen LogP contribution >= 0.6 is 0 Å². The Kier molecular flexibility index (Phi) is 6.76. The summed E-state index contributed by atoms with van der Waals surface area (Å²) in [6.07, 6.45) is 0.925. The Hall–Kier alpha value is -2.20. The highest BCUT2D eigenvalue weighted by atomic mass is 16.5. The Balaban J connectivity index is 1.64. The van der Waals surface area contributed by atoms with Gasteiger partial charge in [0.25, 0.3) is 5.91 Å². The van der Waals surface area contributed by atoms with Crippen LogP contribution in [0.1, 0.15) is 25.8 Å². The lowest BCUT2D eigenvalue weighted by Gasteiger charge is -2.37. The molecule has 0 radical (unpaired) electrons. The number of amides is 3. The van der Waals surface area contributed by atoms with Gasteiger partial charge in [-0.1, -0.05) is 19.1 Å². The summed E-state index contributed by atoms with van der Waals surface area (Å²) < 4.78 is 16.6. The van der Waals surface area contributed by atoms with Gasteiger partial charge in [0.15, 0.2) is 0 Å². The van der Waals surface area contributed by atoms with Gasteiger partial charge >= 0.3 is 6.03 Å². The maximum absolute atomic E-state index is 13.8. The molecule has 0 bridgehead atoms. The smallest absolute Gasteiger partial charge is 0.344 e. The molecule has 3 aliphatic rings. The van der Waals surface area contributed by atoms with Gasteiger partial charge in [-0.05, 0) is 31.0 Å². The first-order chi connectivity index (χ1) is 15.1. The second-order valence-corrected chi connectivity index (χ2v) is 8.21. The second-order valence-electron chi connectivity index (χ2n) is 8.21. The van der Waals surface area contributed by atoms with Crippen LogP contribution in [-0.4, -0.2) is 97.6 Å². The lowest BCUT2D eigenvalue weighted by Crippen LogP contribution is -2.52. The Morgan fingerprint density at radius 3 is 2.19 bits per heavy atom. The molecule has 0 N–H and O–H groups in total. The molecule has 4 rings (SSSR count). The predicted molar refractivity (Wildman–Crippen MR) is 113 cm³/mol. The normalized spacial score (nSPS) is 26.0. The van der Waals surface area contributed by atoms with E-state index in [1.54, 1.807) is 4.90 Å². The fraction of sp³-hybridized carbons (Fsp3) is 0.636. The van der Waals surface area contributed by atoms with Gasteiger partial charge in [-0.3, -0.25) is 14.6 Å². The zero-order valence-corrected chi connectivity index (χ0v) is 18.4. The van der Waals surface area contributed by atoms with Crippen molar-refractivity contribution in [3.05, 3.63) is 29.8 Å². The first-order valence-electron chi connectivity index (χ1n) is 11.1. The van der Waals surface area contributed by atoms with Gasteiger partial charge in [-0.2, -0.15) is 5.01 Å². The summed E-state index contributed by atoms with van der Waals surface area (Å²) in [6, 6.07) is 7.25. The predicted octanol–water partition coefficient (Wildman–Crippen LogP) is 1.49. The number of benzene rings is 1. The SMILES string of the molecule is CCCOc1ccc(C2(C)C(=O)N(N3CCOCC3)C(=O)N2CN2CCOCC2)cc1. The molecular formula is C22H32N4O5. The molecule has 1 aromatic carbocycles. The molecule has 9 heteroatoms. The molecule has 3 heterocycles. The Labute approximate surface area is 183 Å². The molecule has 3 saturated heterocycles. The number of hydrazine groups is 1. The van der Waals surface area contributed by atoms with Gasteiger partial charge in [0, 0.05) is 26.2 Å². The van der Waals surface area contributed by atoms with Crippen LogP contribution in [0.5, 0.6) is 5.75 Å². The molecule has 0 spiro atoms. The van der Waals surface area contributed by atoms with E-state index in [9.17, 15) is 9.59 Å². The van der Waals surface area contributed by atoms with Crippen LogP contribution in [0.2, 0.25) is 0 Å². The van der Waals surface area contributed by atoms with Crippen molar-refractivity contribution in [2.45, 2.75) is 25.8 Å². The van der Waals surface area contributed by atoms with E-state index >= 15 is 0 Å². The molecule has 3 fully saturated rings. The van der Waals surface area contributed by atoms with E-state index < -0.39 is 5.54 Å². The van der Waals surface area contributed by atoms with Crippen molar-refractivity contribution < 1.29 is 23.8 Å². The van der Waals surface area contributed by atoms with E-state index in [1.807, 2.05) is 36.2 Å². The topological polar surface area (TPSA) is 74.8 Å². The molecule has 31 heavy (non-hydrogen) atoms. The fourth-order valence-electron chi connectivity index (χ4n) is 4.24. The molecule has 0 saturated carbocycles. The van der Waals surface area contributed by atoms with Gasteiger partial charge in [0.05, 0.1) is 39.7 Å². The summed E-state index contributed by atoms with van der Waals surface area (Å²) in [5, 5.41) is 3.13. The average molecular weight is 433 g/mol. The third kappa shape index (κ3) is 4.27. The number of ether oxygens (including phenoxy) is 3. The Bertz CT molecular complexity index is 777. The number of hydrogen-bond donors (Lipinski definition) is 0. The first kappa shape index (κ1) is 22.0. The number of morpholine rings is 2. The van der Waals surface area contributed by atoms with Crippen molar-refractivity contribution in [3.63, 3.8) is 0 Å². The number of carbonyl (C=O) groups excluding carboxylic acids is 2.